The minimum atomic E-state index is -0.701. The zero-order valence-corrected chi connectivity index (χ0v) is 19.4. The van der Waals surface area contributed by atoms with Gasteiger partial charge in [-0.25, -0.2) is 9.59 Å². The summed E-state index contributed by atoms with van der Waals surface area (Å²) in [5.74, 6) is -1.40. The Hall–Kier alpha value is -2.61. The zero-order chi connectivity index (χ0) is 21.9. The first kappa shape index (κ1) is 23.7. The van der Waals surface area contributed by atoms with Gasteiger partial charge in [0.2, 0.25) is 0 Å². The second-order valence-electron chi connectivity index (χ2n) is 6.30. The second-order valence-corrected chi connectivity index (χ2v) is 7.46. The fourth-order valence-corrected chi connectivity index (χ4v) is 3.64. The average molecular weight is 519 g/mol. The summed E-state index contributed by atoms with van der Waals surface area (Å²) >= 11 is 2.20. The molecule has 0 spiro atoms. The summed E-state index contributed by atoms with van der Waals surface area (Å²) in [6.07, 6.45) is 1.74. The summed E-state index contributed by atoms with van der Waals surface area (Å²) in [5.41, 5.74) is 2.16. The van der Waals surface area contributed by atoms with Crippen LogP contribution in [0.2, 0.25) is 0 Å². The molecule has 0 saturated carbocycles. The molecule has 0 aromatic heterocycles. The highest BCUT2D eigenvalue weighted by Gasteiger charge is 2.30. The first-order chi connectivity index (χ1) is 14.5. The summed E-state index contributed by atoms with van der Waals surface area (Å²) in [4.78, 5) is 27.8. The van der Waals surface area contributed by atoms with Crippen LogP contribution in [0.1, 0.15) is 25.0 Å². The second kappa shape index (κ2) is 12.2. The maximum absolute atomic E-state index is 12.9. The van der Waals surface area contributed by atoms with Crippen LogP contribution in [0.4, 0.5) is 0 Å². The Bertz CT molecular complexity index is 888. The van der Waals surface area contributed by atoms with Crippen LogP contribution >= 0.6 is 22.6 Å². The van der Waals surface area contributed by atoms with Crippen LogP contribution in [0.25, 0.3) is 5.70 Å². The van der Waals surface area contributed by atoms with E-state index in [0.717, 1.165) is 14.7 Å². The summed E-state index contributed by atoms with van der Waals surface area (Å²) < 4.78 is 11.4. The van der Waals surface area contributed by atoms with E-state index >= 15 is 0 Å². The van der Waals surface area contributed by atoms with Gasteiger partial charge in [-0.1, -0.05) is 54.6 Å². The monoisotopic (exact) mass is 519 g/mol. The van der Waals surface area contributed by atoms with Gasteiger partial charge in [-0.15, -0.1) is 6.58 Å². The van der Waals surface area contributed by atoms with Crippen LogP contribution in [0.15, 0.2) is 72.8 Å². The molecule has 158 valence electrons. The third-order valence-electron chi connectivity index (χ3n) is 4.21. The SMILES string of the molecule is C=CCN(Cc1ccccc1)C(=C(C(=O)OCC)C(=O)OCC)c1ccccc1I. The highest BCUT2D eigenvalue weighted by molar-refractivity contribution is 14.1. The summed E-state index contributed by atoms with van der Waals surface area (Å²) in [6, 6.07) is 17.4. The van der Waals surface area contributed by atoms with E-state index in [2.05, 4.69) is 29.2 Å². The molecule has 0 N–H and O–H groups in total. The number of ether oxygens (including phenoxy) is 2. The van der Waals surface area contributed by atoms with Gasteiger partial charge in [0.15, 0.2) is 5.57 Å². The van der Waals surface area contributed by atoms with Crippen LogP contribution in [0.5, 0.6) is 0 Å². The molecule has 0 atom stereocenters. The topological polar surface area (TPSA) is 55.8 Å². The molecule has 0 amide bonds. The predicted octanol–water partition coefficient (Wildman–Crippen LogP) is 4.82. The number of hydrogen-bond donors (Lipinski definition) is 0. The van der Waals surface area contributed by atoms with Crippen LogP contribution in [0, 0.1) is 3.57 Å². The van der Waals surface area contributed by atoms with Crippen molar-refractivity contribution in [2.45, 2.75) is 20.4 Å². The largest absolute Gasteiger partial charge is 0.462 e. The van der Waals surface area contributed by atoms with E-state index in [1.165, 1.54) is 0 Å². The van der Waals surface area contributed by atoms with Crippen molar-refractivity contribution < 1.29 is 19.1 Å². The summed E-state index contributed by atoms with van der Waals surface area (Å²) in [6.45, 7) is 8.49. The van der Waals surface area contributed by atoms with Gasteiger partial charge in [0.05, 0.1) is 18.9 Å². The van der Waals surface area contributed by atoms with Crippen molar-refractivity contribution in [3.8, 4) is 0 Å². The molecule has 30 heavy (non-hydrogen) atoms. The van der Waals surface area contributed by atoms with Crippen molar-refractivity contribution in [2.75, 3.05) is 19.8 Å². The van der Waals surface area contributed by atoms with Gasteiger partial charge in [-0.2, -0.15) is 0 Å². The van der Waals surface area contributed by atoms with Crippen molar-refractivity contribution in [3.63, 3.8) is 0 Å². The molecule has 0 fully saturated rings. The minimum Gasteiger partial charge on any atom is -0.462 e. The number of hydrogen-bond acceptors (Lipinski definition) is 5. The van der Waals surface area contributed by atoms with E-state index in [0.29, 0.717) is 18.8 Å². The van der Waals surface area contributed by atoms with Crippen molar-refractivity contribution in [1.29, 1.82) is 0 Å². The van der Waals surface area contributed by atoms with E-state index in [1.54, 1.807) is 19.9 Å². The van der Waals surface area contributed by atoms with Gasteiger partial charge in [0.1, 0.15) is 0 Å². The molecule has 0 radical (unpaired) electrons. The molecule has 0 heterocycles. The first-order valence-electron chi connectivity index (χ1n) is 9.76. The average Bonchev–Trinajstić information content (AvgIpc) is 2.73. The Kier molecular flexibility index (Phi) is 9.60. The van der Waals surface area contributed by atoms with Gasteiger partial charge < -0.3 is 14.4 Å². The molecule has 2 rings (SSSR count). The maximum Gasteiger partial charge on any atom is 0.347 e. The van der Waals surface area contributed by atoms with Crippen molar-refractivity contribution in [1.82, 2.24) is 4.90 Å². The lowest BCUT2D eigenvalue weighted by atomic mass is 10.0. The highest BCUT2D eigenvalue weighted by Crippen LogP contribution is 2.30. The fraction of sp³-hybridized carbons (Fsp3) is 0.250. The van der Waals surface area contributed by atoms with Crippen LogP contribution in [0.3, 0.4) is 0 Å². The molecule has 0 aliphatic carbocycles. The lowest BCUT2D eigenvalue weighted by Crippen LogP contribution is -2.29. The van der Waals surface area contributed by atoms with Crippen molar-refractivity contribution in [2.24, 2.45) is 0 Å². The number of nitrogens with zero attached hydrogens (tertiary/aromatic N) is 1. The molecular formula is C24H26INO4. The fourth-order valence-electron chi connectivity index (χ4n) is 2.99. The maximum atomic E-state index is 12.9. The Morgan fingerprint density at radius 1 is 0.967 bits per heavy atom. The molecule has 5 nitrogen and oxygen atoms in total. The van der Waals surface area contributed by atoms with Gasteiger partial charge in [-0.05, 0) is 48.1 Å². The van der Waals surface area contributed by atoms with Gasteiger partial charge in [0.25, 0.3) is 0 Å². The van der Waals surface area contributed by atoms with E-state index < -0.39 is 11.9 Å². The molecule has 0 saturated heterocycles. The molecule has 2 aromatic rings. The Morgan fingerprint density at radius 2 is 1.53 bits per heavy atom. The number of carbonyl (C=O) groups is 2. The van der Waals surface area contributed by atoms with Crippen LogP contribution < -0.4 is 0 Å². The molecule has 0 bridgehead atoms. The molecule has 6 heteroatoms. The van der Waals surface area contributed by atoms with E-state index in [1.807, 2.05) is 59.5 Å². The third-order valence-corrected chi connectivity index (χ3v) is 5.15. The molecular weight excluding hydrogens is 493 g/mol. The van der Waals surface area contributed by atoms with E-state index in [4.69, 9.17) is 9.47 Å². The first-order valence-corrected chi connectivity index (χ1v) is 10.8. The predicted molar refractivity (Wildman–Crippen MR) is 126 cm³/mol. The minimum absolute atomic E-state index is 0.111. The summed E-state index contributed by atoms with van der Waals surface area (Å²) in [7, 11) is 0. The molecule has 0 aliphatic heterocycles. The van der Waals surface area contributed by atoms with Crippen molar-refractivity contribution in [3.05, 3.63) is 87.5 Å². The number of rotatable bonds is 10. The number of esters is 2. The lowest BCUT2D eigenvalue weighted by molar-refractivity contribution is -0.146. The standard InChI is InChI=1S/C24H26INO4/c1-4-16-26(17-18-12-8-7-9-13-18)22(19-14-10-11-15-20(19)25)21(23(27)29-5-2)24(28)30-6-3/h4,7-15H,1,5-6,16-17H2,2-3H3. The molecule has 0 unspecified atom stereocenters. The smallest absolute Gasteiger partial charge is 0.347 e. The quantitative estimate of drug-likeness (QED) is 0.113. The highest BCUT2D eigenvalue weighted by atomic mass is 127. The Labute approximate surface area is 191 Å². The molecule has 0 aliphatic rings. The van der Waals surface area contributed by atoms with Crippen molar-refractivity contribution >= 4 is 40.2 Å². The normalized spacial score (nSPS) is 10.1. The number of halogens is 1. The van der Waals surface area contributed by atoms with E-state index in [9.17, 15) is 9.59 Å². The molecule has 2 aromatic carbocycles. The van der Waals surface area contributed by atoms with E-state index in [-0.39, 0.29) is 18.8 Å². The zero-order valence-electron chi connectivity index (χ0n) is 17.3. The third kappa shape index (κ3) is 6.19. The van der Waals surface area contributed by atoms with Crippen LogP contribution in [-0.4, -0.2) is 36.6 Å². The van der Waals surface area contributed by atoms with Gasteiger partial charge >= 0.3 is 11.9 Å². The van der Waals surface area contributed by atoms with Gasteiger partial charge in [-0.3, -0.25) is 0 Å². The Morgan fingerprint density at radius 3 is 2.07 bits per heavy atom. The number of carbonyl (C=O) groups excluding carboxylic acids is 2. The lowest BCUT2D eigenvalue weighted by Gasteiger charge is -2.29. The summed E-state index contributed by atoms with van der Waals surface area (Å²) in [5, 5.41) is 0. The number of benzene rings is 2. The van der Waals surface area contributed by atoms with Crippen LogP contribution in [-0.2, 0) is 25.6 Å². The Balaban J connectivity index is 2.75. The van der Waals surface area contributed by atoms with Gasteiger partial charge in [0, 0.05) is 22.2 Å².